The third kappa shape index (κ3) is 5.98. The van der Waals surface area contributed by atoms with Crippen LogP contribution in [0.3, 0.4) is 0 Å². The molecule has 4 N–H and O–H groups in total. The first kappa shape index (κ1) is 15.5. The van der Waals surface area contributed by atoms with Crippen molar-refractivity contribution in [2.24, 2.45) is 16.8 Å². The van der Waals surface area contributed by atoms with E-state index in [1.165, 1.54) is 6.92 Å². The fourth-order valence-electron chi connectivity index (χ4n) is 1.34. The third-order valence-electron chi connectivity index (χ3n) is 2.12. The zero-order valence-electron chi connectivity index (χ0n) is 9.58. The largest absolute Gasteiger partial charge is 0.409 e. The molecule has 17 heavy (non-hydrogen) atoms. The number of alkyl halides is 3. The van der Waals surface area contributed by atoms with Gasteiger partial charge in [-0.15, -0.1) is 0 Å². The number of carbonyl (C=O) groups excluding carboxylic acids is 1. The molecule has 0 aromatic carbocycles. The van der Waals surface area contributed by atoms with E-state index in [0.717, 1.165) is 0 Å². The number of oxime groups is 1. The summed E-state index contributed by atoms with van der Waals surface area (Å²) >= 11 is 0. The molecule has 100 valence electrons. The van der Waals surface area contributed by atoms with Crippen molar-refractivity contribution in [3.8, 4) is 0 Å². The minimum absolute atomic E-state index is 0.237. The van der Waals surface area contributed by atoms with E-state index in [0.29, 0.717) is 0 Å². The molecule has 8 heteroatoms. The van der Waals surface area contributed by atoms with Crippen LogP contribution in [0.25, 0.3) is 0 Å². The van der Waals surface area contributed by atoms with Gasteiger partial charge in [-0.2, -0.15) is 13.2 Å². The first-order valence-electron chi connectivity index (χ1n) is 5.05. The minimum atomic E-state index is -4.34. The Bertz CT molecular complexity index is 292. The molecule has 0 aliphatic carbocycles. The van der Waals surface area contributed by atoms with Crippen LogP contribution in [0.2, 0.25) is 0 Å². The normalized spacial score (nSPS) is 16.4. The van der Waals surface area contributed by atoms with Crippen molar-refractivity contribution in [3.05, 3.63) is 0 Å². The molecule has 2 unspecified atom stereocenters. The number of carbonyl (C=O) groups is 1. The summed E-state index contributed by atoms with van der Waals surface area (Å²) in [6, 6.07) is -1.05. The maximum absolute atomic E-state index is 12.0. The van der Waals surface area contributed by atoms with Gasteiger partial charge >= 0.3 is 6.18 Å². The SMILES string of the molecule is CCC(C(=O)NC(C)CC(F)(F)F)C(N)=NO. The highest BCUT2D eigenvalue weighted by Crippen LogP contribution is 2.21. The number of amides is 1. The Balaban J connectivity index is 4.42. The number of nitrogens with two attached hydrogens (primary N) is 1. The van der Waals surface area contributed by atoms with Gasteiger partial charge in [0.15, 0.2) is 5.84 Å². The fourth-order valence-corrected chi connectivity index (χ4v) is 1.34. The topological polar surface area (TPSA) is 87.7 Å². The highest BCUT2D eigenvalue weighted by molar-refractivity contribution is 6.02. The van der Waals surface area contributed by atoms with Gasteiger partial charge in [-0.3, -0.25) is 4.79 Å². The van der Waals surface area contributed by atoms with Gasteiger partial charge in [-0.1, -0.05) is 12.1 Å². The van der Waals surface area contributed by atoms with Crippen LogP contribution in [0, 0.1) is 5.92 Å². The summed E-state index contributed by atoms with van der Waals surface area (Å²) in [4.78, 5) is 11.5. The molecule has 0 saturated carbocycles. The van der Waals surface area contributed by atoms with Gasteiger partial charge in [-0.25, -0.2) is 0 Å². The maximum atomic E-state index is 12.0. The summed E-state index contributed by atoms with van der Waals surface area (Å²) in [6.45, 7) is 2.85. The molecule has 0 saturated heterocycles. The molecule has 0 fully saturated rings. The molecule has 0 radical (unpaired) electrons. The molecule has 0 rings (SSSR count). The number of rotatable bonds is 5. The monoisotopic (exact) mass is 255 g/mol. The molecule has 0 aromatic rings. The second-order valence-electron chi connectivity index (χ2n) is 3.71. The highest BCUT2D eigenvalue weighted by Gasteiger charge is 2.32. The molecule has 0 spiro atoms. The quantitative estimate of drug-likeness (QED) is 0.299. The van der Waals surface area contributed by atoms with Gasteiger partial charge in [0.25, 0.3) is 0 Å². The first-order chi connectivity index (χ1) is 7.71. The molecule has 1 amide bonds. The van der Waals surface area contributed by atoms with E-state index < -0.39 is 30.5 Å². The molecule has 0 bridgehead atoms. The lowest BCUT2D eigenvalue weighted by molar-refractivity contribution is -0.141. The molecule has 0 aliphatic heterocycles. The van der Waals surface area contributed by atoms with E-state index in [9.17, 15) is 18.0 Å². The van der Waals surface area contributed by atoms with Crippen LogP contribution in [-0.4, -0.2) is 29.2 Å². The minimum Gasteiger partial charge on any atom is -0.409 e. The third-order valence-corrected chi connectivity index (χ3v) is 2.12. The summed E-state index contributed by atoms with van der Waals surface area (Å²) < 4.78 is 36.1. The Morgan fingerprint density at radius 2 is 2.06 bits per heavy atom. The first-order valence-corrected chi connectivity index (χ1v) is 5.05. The van der Waals surface area contributed by atoms with Crippen LogP contribution in [0.1, 0.15) is 26.7 Å². The summed E-state index contributed by atoms with van der Waals surface area (Å²) in [5.74, 6) is -1.92. The summed E-state index contributed by atoms with van der Waals surface area (Å²) in [5, 5.41) is 13.3. The molecular formula is C9H16F3N3O2. The second-order valence-corrected chi connectivity index (χ2v) is 3.71. The summed E-state index contributed by atoms with van der Waals surface area (Å²) in [6.07, 6.45) is -5.23. The number of hydrogen-bond donors (Lipinski definition) is 3. The van der Waals surface area contributed by atoms with E-state index in [1.807, 2.05) is 0 Å². The van der Waals surface area contributed by atoms with Crippen molar-refractivity contribution in [2.45, 2.75) is 38.9 Å². The van der Waals surface area contributed by atoms with Crippen LogP contribution in [-0.2, 0) is 4.79 Å². The van der Waals surface area contributed by atoms with E-state index >= 15 is 0 Å². The van der Waals surface area contributed by atoms with Crippen LogP contribution in [0.15, 0.2) is 5.16 Å². The lowest BCUT2D eigenvalue weighted by atomic mass is 10.0. The number of hydrogen-bond acceptors (Lipinski definition) is 3. The Hall–Kier alpha value is -1.47. The van der Waals surface area contributed by atoms with Crippen LogP contribution in [0.4, 0.5) is 13.2 Å². The van der Waals surface area contributed by atoms with Gasteiger partial charge in [0, 0.05) is 6.04 Å². The van der Waals surface area contributed by atoms with E-state index in [1.54, 1.807) is 6.92 Å². The smallest absolute Gasteiger partial charge is 0.391 e. The molecule has 0 aromatic heterocycles. The predicted octanol–water partition coefficient (Wildman–Crippen LogP) is 1.22. The van der Waals surface area contributed by atoms with Gasteiger partial charge in [0.1, 0.15) is 0 Å². The van der Waals surface area contributed by atoms with Gasteiger partial charge in [0.2, 0.25) is 5.91 Å². The zero-order valence-corrected chi connectivity index (χ0v) is 9.58. The number of nitrogens with zero attached hydrogens (tertiary/aromatic N) is 1. The second kappa shape index (κ2) is 6.31. The molecule has 2 atom stereocenters. The molecule has 0 aliphatic rings. The number of amidine groups is 1. The molecule has 5 nitrogen and oxygen atoms in total. The maximum Gasteiger partial charge on any atom is 0.391 e. The number of nitrogens with one attached hydrogen (secondary N) is 1. The highest BCUT2D eigenvalue weighted by atomic mass is 19.4. The van der Waals surface area contributed by atoms with Crippen molar-refractivity contribution in [1.29, 1.82) is 0 Å². The van der Waals surface area contributed by atoms with Gasteiger partial charge in [-0.05, 0) is 13.3 Å². The van der Waals surface area contributed by atoms with E-state index in [2.05, 4.69) is 10.5 Å². The predicted molar refractivity (Wildman–Crippen MR) is 55.5 cm³/mol. The Morgan fingerprint density at radius 3 is 2.41 bits per heavy atom. The summed E-state index contributed by atoms with van der Waals surface area (Å²) in [5.41, 5.74) is 5.25. The number of halogens is 3. The average Bonchev–Trinajstić information content (AvgIpc) is 2.15. The van der Waals surface area contributed by atoms with Crippen LogP contribution in [0.5, 0.6) is 0 Å². The van der Waals surface area contributed by atoms with Crippen molar-refractivity contribution in [3.63, 3.8) is 0 Å². The Kier molecular flexibility index (Phi) is 5.77. The van der Waals surface area contributed by atoms with Gasteiger partial charge in [0.05, 0.1) is 12.3 Å². The Morgan fingerprint density at radius 1 is 1.53 bits per heavy atom. The van der Waals surface area contributed by atoms with Crippen molar-refractivity contribution in [1.82, 2.24) is 5.32 Å². The lowest BCUT2D eigenvalue weighted by Gasteiger charge is -2.19. The lowest BCUT2D eigenvalue weighted by Crippen LogP contribution is -2.43. The molecular weight excluding hydrogens is 239 g/mol. The average molecular weight is 255 g/mol. The van der Waals surface area contributed by atoms with Crippen molar-refractivity contribution < 1.29 is 23.2 Å². The van der Waals surface area contributed by atoms with Gasteiger partial charge < -0.3 is 16.3 Å². The fraction of sp³-hybridized carbons (Fsp3) is 0.778. The standard InChI is InChI=1S/C9H16F3N3O2/c1-3-6(7(13)15-17)8(16)14-5(2)4-9(10,11)12/h5-6,17H,3-4H2,1-2H3,(H2,13,15)(H,14,16). The van der Waals surface area contributed by atoms with E-state index in [4.69, 9.17) is 10.9 Å². The van der Waals surface area contributed by atoms with Crippen LogP contribution >= 0.6 is 0 Å². The zero-order chi connectivity index (χ0) is 13.6. The van der Waals surface area contributed by atoms with Crippen molar-refractivity contribution >= 4 is 11.7 Å². The summed E-state index contributed by atoms with van der Waals surface area (Å²) in [7, 11) is 0. The van der Waals surface area contributed by atoms with E-state index in [-0.39, 0.29) is 12.3 Å². The Labute approximate surface area is 96.9 Å². The van der Waals surface area contributed by atoms with Crippen LogP contribution < -0.4 is 11.1 Å². The molecule has 0 heterocycles. The van der Waals surface area contributed by atoms with Crippen molar-refractivity contribution in [2.75, 3.05) is 0 Å².